The van der Waals surface area contributed by atoms with Crippen molar-refractivity contribution in [2.75, 3.05) is 0 Å². The average Bonchev–Trinajstić information content (AvgIpc) is 4.09. The maximum atomic E-state index is 8.15. The summed E-state index contributed by atoms with van der Waals surface area (Å²) in [5.41, 5.74) is 22.0. The van der Waals surface area contributed by atoms with E-state index in [4.69, 9.17) is 15.6 Å². The predicted octanol–water partition coefficient (Wildman–Crippen LogP) is 17.8. The number of nitrogen functional groups attached to an aromatic ring is 1. The molecule has 0 atom stereocenters. The van der Waals surface area contributed by atoms with Gasteiger partial charge in [0.25, 0.3) is 0 Å². The van der Waals surface area contributed by atoms with E-state index < -0.39 is 0 Å². The van der Waals surface area contributed by atoms with E-state index in [9.17, 15) is 0 Å². The van der Waals surface area contributed by atoms with Crippen LogP contribution in [0.15, 0.2) is 192 Å². The smallest absolute Gasteiger partial charge is 0.136 e. The predicted molar refractivity (Wildman–Crippen MR) is 300 cm³/mol. The number of aliphatic imine (C=N–C) groups is 1. The van der Waals surface area contributed by atoms with Crippen molar-refractivity contribution >= 4 is 105 Å². The minimum Gasteiger partial charge on any atom is -0.456 e. The van der Waals surface area contributed by atoms with Gasteiger partial charge in [0.2, 0.25) is 0 Å². The summed E-state index contributed by atoms with van der Waals surface area (Å²) in [5.74, 6) is 0.0346. The summed E-state index contributed by atoms with van der Waals surface area (Å²) in [6.07, 6.45) is 10.1. The van der Waals surface area contributed by atoms with Gasteiger partial charge in [0, 0.05) is 56.9 Å². The quantitative estimate of drug-likeness (QED) is 0.112. The molecule has 0 radical (unpaired) electrons. The van der Waals surface area contributed by atoms with E-state index in [1.165, 1.54) is 80.3 Å². The van der Waals surface area contributed by atoms with Crippen LogP contribution in [0.25, 0.3) is 92.2 Å². The Bertz CT molecular complexity index is 3700. The first kappa shape index (κ1) is 45.5. The Hall–Kier alpha value is -7.64. The van der Waals surface area contributed by atoms with E-state index in [1.54, 1.807) is 11.3 Å². The monoisotopic (exact) mass is 919 g/mol. The normalized spacial score (nSPS) is 12.8. The van der Waals surface area contributed by atoms with E-state index in [-0.39, 0.29) is 11.3 Å². The van der Waals surface area contributed by atoms with Gasteiger partial charge in [-0.2, -0.15) is 0 Å². The number of allylic oxidation sites excluding steroid dienone is 5. The molecule has 3 aromatic heterocycles. The van der Waals surface area contributed by atoms with Gasteiger partial charge < -0.3 is 10.2 Å². The zero-order valence-corrected chi connectivity index (χ0v) is 40.6. The Morgan fingerprint density at radius 1 is 0.676 bits per heavy atom. The van der Waals surface area contributed by atoms with E-state index >= 15 is 0 Å². The van der Waals surface area contributed by atoms with Crippen molar-refractivity contribution in [3.8, 4) is 22.3 Å². The second-order valence-corrected chi connectivity index (χ2v) is 19.6. The third-order valence-electron chi connectivity index (χ3n) is 12.9. The molecule has 0 aliphatic heterocycles. The number of nitrogens with two attached hydrogens (primary N) is 1. The number of fused-ring (bicyclic) bond motifs is 8. The molecule has 1 aliphatic rings. The number of thiophene rings is 2. The number of nitrogens with zero attached hydrogens (tertiary/aromatic N) is 1. The highest BCUT2D eigenvalue weighted by Crippen LogP contribution is 2.48. The van der Waals surface area contributed by atoms with Crippen LogP contribution in [0.2, 0.25) is 0 Å². The van der Waals surface area contributed by atoms with Crippen LogP contribution in [-0.2, 0) is 12.0 Å². The molecular weight excluding hydrogens is 867 g/mol. The Balaban J connectivity index is 0.000000182. The molecule has 1 aliphatic carbocycles. The highest BCUT2D eigenvalue weighted by atomic mass is 32.1. The molecule has 0 spiro atoms. The van der Waals surface area contributed by atoms with Gasteiger partial charge >= 0.3 is 0 Å². The number of aryl methyl sites for hydroxylation is 1. The Labute approximate surface area is 406 Å². The molecule has 68 heavy (non-hydrogen) atoms. The minimum atomic E-state index is 0.0346. The standard InChI is InChI=1S/C37H24N2OS2.C17H20.C8H9N/c1-3-22-25-16-14-21(19-33(25)41-30(22)4-2)24-9-7-13-32-36(24)35-23(8-6-12-31(35)42-32)20-15-17-28-27(18-20)34-26(37(38)39)10-5-11-29(34)40-28;1-6-8-13-14-10-9-12(3)11-16(14)17(4,5)15(13)7-2;1-9-7-8-5-3-2-4-6-8/h3-19H,1-2H2,(H3,38,39);6-11H,2H2,1,3-5H3;2-6H,1,7H2/b;8-6-;. The molecule has 0 fully saturated rings. The van der Waals surface area contributed by atoms with Gasteiger partial charge in [-0.3, -0.25) is 10.4 Å². The molecule has 4 nitrogen and oxygen atoms in total. The number of benzene rings is 7. The van der Waals surface area contributed by atoms with Crippen LogP contribution >= 0.6 is 22.7 Å². The van der Waals surface area contributed by atoms with Gasteiger partial charge in [0.05, 0.1) is 6.54 Å². The topological polar surface area (TPSA) is 75.4 Å². The van der Waals surface area contributed by atoms with E-state index in [2.05, 4.69) is 156 Å². The van der Waals surface area contributed by atoms with Crippen molar-refractivity contribution in [2.24, 2.45) is 10.7 Å². The van der Waals surface area contributed by atoms with Gasteiger partial charge in [-0.15, -0.1) is 22.7 Å². The molecule has 334 valence electrons. The van der Waals surface area contributed by atoms with Crippen molar-refractivity contribution < 1.29 is 4.42 Å². The first-order valence-electron chi connectivity index (χ1n) is 22.6. The highest BCUT2D eigenvalue weighted by molar-refractivity contribution is 7.26. The zero-order chi connectivity index (χ0) is 47.7. The SMILES string of the molecule is C=CC1=C(/C=C\C)c2ccc(C)cc2C1(C)C.C=Cc1sc2cc(-c3cccc4sc5cccc(-c6ccc7oc8cccc(C(=N)N)c8c7c6)c5c34)ccc2c1C=C.C=NCc1ccccc1. The lowest BCUT2D eigenvalue weighted by molar-refractivity contribution is 0.654. The summed E-state index contributed by atoms with van der Waals surface area (Å²) < 4.78 is 9.89. The number of furan rings is 1. The fraction of sp³-hybridized carbons (Fsp3) is 0.0968. The molecule has 6 heteroatoms. The van der Waals surface area contributed by atoms with Gasteiger partial charge in [0.15, 0.2) is 0 Å². The third-order valence-corrected chi connectivity index (χ3v) is 15.1. The van der Waals surface area contributed by atoms with Gasteiger partial charge in [0.1, 0.15) is 17.0 Å². The summed E-state index contributed by atoms with van der Waals surface area (Å²) >= 11 is 3.58. The van der Waals surface area contributed by atoms with Crippen molar-refractivity contribution in [1.82, 2.24) is 0 Å². The molecule has 7 aromatic carbocycles. The van der Waals surface area contributed by atoms with Crippen molar-refractivity contribution in [3.05, 3.63) is 221 Å². The van der Waals surface area contributed by atoms with Crippen molar-refractivity contribution in [1.29, 1.82) is 5.41 Å². The summed E-state index contributed by atoms with van der Waals surface area (Å²) in [7, 11) is 0. The summed E-state index contributed by atoms with van der Waals surface area (Å²) in [6.45, 7) is 24.9. The second-order valence-electron chi connectivity index (χ2n) is 17.4. The van der Waals surface area contributed by atoms with Crippen LogP contribution in [0.3, 0.4) is 0 Å². The van der Waals surface area contributed by atoms with Crippen LogP contribution in [0.1, 0.15) is 59.0 Å². The fourth-order valence-electron chi connectivity index (χ4n) is 9.69. The van der Waals surface area contributed by atoms with Gasteiger partial charge in [-0.25, -0.2) is 0 Å². The van der Waals surface area contributed by atoms with Crippen molar-refractivity contribution in [2.45, 2.75) is 39.7 Å². The first-order valence-corrected chi connectivity index (χ1v) is 24.3. The summed E-state index contributed by atoms with van der Waals surface area (Å²) in [5, 5.41) is 13.7. The van der Waals surface area contributed by atoms with Crippen LogP contribution in [0.5, 0.6) is 0 Å². The molecule has 3 heterocycles. The van der Waals surface area contributed by atoms with Crippen LogP contribution in [0.4, 0.5) is 0 Å². The first-order chi connectivity index (χ1) is 33.0. The lowest BCUT2D eigenvalue weighted by atomic mass is 9.81. The lowest BCUT2D eigenvalue weighted by Gasteiger charge is -2.22. The van der Waals surface area contributed by atoms with E-state index in [0.29, 0.717) is 5.56 Å². The van der Waals surface area contributed by atoms with Crippen LogP contribution < -0.4 is 5.73 Å². The molecule has 0 saturated heterocycles. The number of hydrogen-bond acceptors (Lipinski definition) is 5. The van der Waals surface area contributed by atoms with Crippen LogP contribution in [0, 0.1) is 12.3 Å². The maximum absolute atomic E-state index is 8.15. The van der Waals surface area contributed by atoms with Crippen molar-refractivity contribution in [3.63, 3.8) is 0 Å². The fourth-order valence-corrected chi connectivity index (χ4v) is 11.9. The number of amidine groups is 1. The van der Waals surface area contributed by atoms with Gasteiger partial charge in [-0.1, -0.05) is 173 Å². The Morgan fingerprint density at radius 3 is 2.01 bits per heavy atom. The number of hydrogen-bond donors (Lipinski definition) is 2. The van der Waals surface area contributed by atoms with Crippen LogP contribution in [-0.4, -0.2) is 12.6 Å². The maximum Gasteiger partial charge on any atom is 0.136 e. The third kappa shape index (κ3) is 8.16. The second kappa shape index (κ2) is 18.9. The van der Waals surface area contributed by atoms with Gasteiger partial charge in [-0.05, 0) is 113 Å². The molecular formula is C62H53N3OS2. The van der Waals surface area contributed by atoms with E-state index in [1.807, 2.05) is 84.2 Å². The largest absolute Gasteiger partial charge is 0.456 e. The summed E-state index contributed by atoms with van der Waals surface area (Å²) in [4.78, 5) is 4.90. The Kier molecular flexibility index (Phi) is 12.7. The highest BCUT2D eigenvalue weighted by Gasteiger charge is 2.35. The molecule has 0 bridgehead atoms. The van der Waals surface area contributed by atoms with E-state index in [0.717, 1.165) is 44.5 Å². The average molecular weight is 920 g/mol. The molecule has 3 N–H and O–H groups in total. The zero-order valence-electron chi connectivity index (χ0n) is 39.0. The molecule has 0 amide bonds. The lowest BCUT2D eigenvalue weighted by Crippen LogP contribution is -2.16. The number of rotatable bonds is 9. The summed E-state index contributed by atoms with van der Waals surface area (Å²) in [6, 6.07) is 48.7. The Morgan fingerprint density at radius 2 is 1.37 bits per heavy atom. The molecule has 11 rings (SSSR count). The molecule has 0 saturated carbocycles. The molecule has 10 aromatic rings. The molecule has 0 unspecified atom stereocenters. The minimum absolute atomic E-state index is 0.0346. The number of nitrogens with one attached hydrogen (secondary N) is 1.